The smallest absolute Gasteiger partial charge is 0.258 e. The van der Waals surface area contributed by atoms with E-state index in [1.54, 1.807) is 7.11 Å². The Morgan fingerprint density at radius 3 is 2.95 bits per heavy atom. The average Bonchev–Trinajstić information content (AvgIpc) is 2.89. The van der Waals surface area contributed by atoms with E-state index in [-0.39, 0.29) is 12.0 Å². The molecule has 102 valence electrons. The van der Waals surface area contributed by atoms with Gasteiger partial charge in [-0.2, -0.15) is 24.7 Å². The third kappa shape index (κ3) is 3.58. The molecular formula is C10H16N8O. The lowest BCUT2D eigenvalue weighted by Crippen LogP contribution is -2.20. The molecule has 1 atom stereocenters. The molecular weight excluding hydrogens is 248 g/mol. The van der Waals surface area contributed by atoms with Crippen molar-refractivity contribution in [3.05, 3.63) is 12.7 Å². The van der Waals surface area contributed by atoms with Gasteiger partial charge in [-0.05, 0) is 13.3 Å². The van der Waals surface area contributed by atoms with E-state index in [0.717, 1.165) is 6.42 Å². The van der Waals surface area contributed by atoms with Gasteiger partial charge >= 0.3 is 0 Å². The number of nitrogens with two attached hydrogens (primary N) is 1. The van der Waals surface area contributed by atoms with E-state index >= 15 is 0 Å². The molecule has 3 N–H and O–H groups in total. The quantitative estimate of drug-likeness (QED) is 0.741. The zero-order valence-electron chi connectivity index (χ0n) is 10.8. The Labute approximate surface area is 110 Å². The van der Waals surface area contributed by atoms with Crippen LogP contribution in [0.4, 0.5) is 11.9 Å². The molecule has 2 heterocycles. The Kier molecular flexibility index (Phi) is 4.18. The van der Waals surface area contributed by atoms with Crippen molar-refractivity contribution < 1.29 is 4.74 Å². The number of methoxy groups -OCH3 is 1. The highest BCUT2D eigenvalue weighted by molar-refractivity contribution is 5.35. The first-order valence-electron chi connectivity index (χ1n) is 5.81. The third-order valence-electron chi connectivity index (χ3n) is 2.40. The van der Waals surface area contributed by atoms with Crippen LogP contribution in [-0.4, -0.2) is 49.5 Å². The Morgan fingerprint density at radius 1 is 1.42 bits per heavy atom. The van der Waals surface area contributed by atoms with Crippen LogP contribution in [0, 0.1) is 0 Å². The molecule has 0 aromatic carbocycles. The maximum Gasteiger partial charge on any atom is 0.258 e. The minimum atomic E-state index is 0.127. The summed E-state index contributed by atoms with van der Waals surface area (Å²) in [5, 5.41) is 7.08. The molecule has 0 bridgehead atoms. The van der Waals surface area contributed by atoms with Crippen LogP contribution in [-0.2, 0) is 4.74 Å². The summed E-state index contributed by atoms with van der Waals surface area (Å²) in [6, 6.07) is 0.158. The summed E-state index contributed by atoms with van der Waals surface area (Å²) in [7, 11) is 1.66. The number of rotatable bonds is 6. The van der Waals surface area contributed by atoms with E-state index in [0.29, 0.717) is 18.5 Å². The highest BCUT2D eigenvalue weighted by Gasteiger charge is 2.09. The molecule has 2 aromatic rings. The molecule has 0 saturated carbocycles. The van der Waals surface area contributed by atoms with Crippen LogP contribution >= 0.6 is 0 Å². The Balaban J connectivity index is 2.13. The van der Waals surface area contributed by atoms with Crippen LogP contribution in [0.3, 0.4) is 0 Å². The maximum atomic E-state index is 5.65. The zero-order chi connectivity index (χ0) is 13.7. The number of hydrogen-bond acceptors (Lipinski definition) is 8. The highest BCUT2D eigenvalue weighted by Crippen LogP contribution is 2.08. The number of anilines is 2. The second-order valence-corrected chi connectivity index (χ2v) is 3.98. The predicted molar refractivity (Wildman–Crippen MR) is 68.7 cm³/mol. The molecule has 0 spiro atoms. The van der Waals surface area contributed by atoms with Crippen molar-refractivity contribution in [1.82, 2.24) is 29.7 Å². The van der Waals surface area contributed by atoms with Crippen molar-refractivity contribution in [3.8, 4) is 5.95 Å². The van der Waals surface area contributed by atoms with Crippen molar-refractivity contribution in [3.63, 3.8) is 0 Å². The lowest BCUT2D eigenvalue weighted by molar-refractivity contribution is 0.191. The molecule has 0 fully saturated rings. The van der Waals surface area contributed by atoms with Gasteiger partial charge in [0.15, 0.2) is 0 Å². The lowest BCUT2D eigenvalue weighted by Gasteiger charge is -2.13. The van der Waals surface area contributed by atoms with Crippen molar-refractivity contribution in [1.29, 1.82) is 0 Å². The minimum absolute atomic E-state index is 0.127. The number of ether oxygens (including phenoxy) is 1. The van der Waals surface area contributed by atoms with Crippen molar-refractivity contribution in [2.75, 3.05) is 24.8 Å². The lowest BCUT2D eigenvalue weighted by atomic mass is 10.2. The highest BCUT2D eigenvalue weighted by atomic mass is 16.5. The van der Waals surface area contributed by atoms with Gasteiger partial charge in [0.25, 0.3) is 5.95 Å². The number of nitrogens with zero attached hydrogens (tertiary/aromatic N) is 6. The largest absolute Gasteiger partial charge is 0.385 e. The Bertz CT molecular complexity index is 514. The molecule has 0 saturated heterocycles. The molecule has 19 heavy (non-hydrogen) atoms. The topological polar surface area (TPSA) is 117 Å². The van der Waals surface area contributed by atoms with Crippen LogP contribution in [0.25, 0.3) is 5.95 Å². The summed E-state index contributed by atoms with van der Waals surface area (Å²) in [5.74, 6) is 0.856. The van der Waals surface area contributed by atoms with Gasteiger partial charge in [0.1, 0.15) is 12.7 Å². The number of aromatic nitrogens is 6. The molecule has 0 aliphatic heterocycles. The monoisotopic (exact) mass is 264 g/mol. The van der Waals surface area contributed by atoms with E-state index in [1.165, 1.54) is 17.3 Å². The molecule has 2 aromatic heterocycles. The number of nitrogens with one attached hydrogen (secondary N) is 1. The molecule has 0 radical (unpaired) electrons. The van der Waals surface area contributed by atoms with E-state index in [2.05, 4.69) is 30.4 Å². The number of nitrogen functional groups attached to an aromatic ring is 1. The van der Waals surface area contributed by atoms with E-state index < -0.39 is 0 Å². The van der Waals surface area contributed by atoms with Crippen LogP contribution in [0.15, 0.2) is 12.7 Å². The predicted octanol–water partition coefficient (Wildman–Crippen LogP) is -0.129. The van der Waals surface area contributed by atoms with Gasteiger partial charge in [0.05, 0.1) is 0 Å². The summed E-state index contributed by atoms with van der Waals surface area (Å²) in [6.45, 7) is 2.67. The van der Waals surface area contributed by atoms with Crippen LogP contribution in [0.1, 0.15) is 13.3 Å². The molecule has 1 unspecified atom stereocenters. The summed E-state index contributed by atoms with van der Waals surface area (Å²) < 4.78 is 6.44. The van der Waals surface area contributed by atoms with Gasteiger partial charge in [-0.1, -0.05) is 0 Å². The van der Waals surface area contributed by atoms with E-state index in [4.69, 9.17) is 10.5 Å². The summed E-state index contributed by atoms with van der Waals surface area (Å²) in [6.07, 6.45) is 3.72. The van der Waals surface area contributed by atoms with Gasteiger partial charge in [0.2, 0.25) is 11.9 Å². The maximum absolute atomic E-state index is 5.65. The molecule has 9 nitrogen and oxygen atoms in total. The van der Waals surface area contributed by atoms with Crippen LogP contribution in [0.2, 0.25) is 0 Å². The fraction of sp³-hybridized carbons (Fsp3) is 0.500. The summed E-state index contributed by atoms with van der Waals surface area (Å²) in [4.78, 5) is 16.1. The summed E-state index contributed by atoms with van der Waals surface area (Å²) >= 11 is 0. The summed E-state index contributed by atoms with van der Waals surface area (Å²) in [5.41, 5.74) is 5.65. The molecule has 2 rings (SSSR count). The zero-order valence-corrected chi connectivity index (χ0v) is 10.8. The Hall–Kier alpha value is -2.29. The van der Waals surface area contributed by atoms with Crippen LogP contribution < -0.4 is 11.1 Å². The SMILES string of the molecule is COCCC(C)Nc1nc(N)nc(-n2cncn2)n1. The Morgan fingerprint density at radius 2 is 2.26 bits per heavy atom. The van der Waals surface area contributed by atoms with Gasteiger partial charge in [-0.15, -0.1) is 0 Å². The average molecular weight is 264 g/mol. The number of hydrogen-bond donors (Lipinski definition) is 2. The third-order valence-corrected chi connectivity index (χ3v) is 2.40. The second kappa shape index (κ2) is 6.05. The van der Waals surface area contributed by atoms with Crippen molar-refractivity contribution in [2.24, 2.45) is 0 Å². The standard InChI is InChI=1S/C10H16N8O/c1-7(3-4-19-2)14-9-15-8(11)16-10(17-9)18-6-12-5-13-18/h5-7H,3-4H2,1-2H3,(H3,11,14,15,16,17). The van der Waals surface area contributed by atoms with Gasteiger partial charge in [0, 0.05) is 19.8 Å². The van der Waals surface area contributed by atoms with E-state index in [9.17, 15) is 0 Å². The first-order chi connectivity index (χ1) is 9.19. The van der Waals surface area contributed by atoms with Gasteiger partial charge < -0.3 is 15.8 Å². The van der Waals surface area contributed by atoms with Crippen molar-refractivity contribution in [2.45, 2.75) is 19.4 Å². The molecule has 9 heteroatoms. The second-order valence-electron chi connectivity index (χ2n) is 3.98. The molecule has 0 amide bonds. The normalized spacial score (nSPS) is 12.3. The van der Waals surface area contributed by atoms with Crippen LogP contribution in [0.5, 0.6) is 0 Å². The molecule has 0 aliphatic rings. The first-order valence-corrected chi connectivity index (χ1v) is 5.81. The fourth-order valence-electron chi connectivity index (χ4n) is 1.45. The minimum Gasteiger partial charge on any atom is -0.385 e. The fourth-order valence-corrected chi connectivity index (χ4v) is 1.45. The van der Waals surface area contributed by atoms with Gasteiger partial charge in [-0.3, -0.25) is 0 Å². The van der Waals surface area contributed by atoms with Gasteiger partial charge in [-0.25, -0.2) is 4.98 Å². The molecule has 0 aliphatic carbocycles. The van der Waals surface area contributed by atoms with Crippen molar-refractivity contribution >= 4 is 11.9 Å². The first kappa shape index (κ1) is 13.1. The van der Waals surface area contributed by atoms with E-state index in [1.807, 2.05) is 6.92 Å².